The third-order valence-corrected chi connectivity index (χ3v) is 3.88. The van der Waals surface area contributed by atoms with E-state index in [9.17, 15) is 4.79 Å². The minimum atomic E-state index is -0.524. The highest BCUT2D eigenvalue weighted by atomic mass is 32.1. The number of carbonyl (C=O) groups is 1. The van der Waals surface area contributed by atoms with E-state index in [1.54, 1.807) is 0 Å². The number of rotatable bonds is 5. The summed E-state index contributed by atoms with van der Waals surface area (Å²) >= 11 is 1.16. The molecule has 0 aliphatic rings. The predicted molar refractivity (Wildman–Crippen MR) is 81.4 cm³/mol. The molecule has 3 N–H and O–H groups in total. The molecule has 0 saturated heterocycles. The third kappa shape index (κ3) is 3.40. The van der Waals surface area contributed by atoms with Gasteiger partial charge < -0.3 is 5.73 Å². The van der Waals surface area contributed by atoms with Crippen molar-refractivity contribution in [3.63, 3.8) is 0 Å². The molecule has 0 aliphatic heterocycles. The smallest absolute Gasteiger partial charge is 0.243 e. The first-order valence-electron chi connectivity index (χ1n) is 6.57. The number of benzene rings is 1. The molecule has 2 atom stereocenters. The van der Waals surface area contributed by atoms with E-state index >= 15 is 0 Å². The molecular formula is C14H18N4OS. The minimum Gasteiger partial charge on any atom is -0.320 e. The zero-order chi connectivity index (χ0) is 14.5. The summed E-state index contributed by atoms with van der Waals surface area (Å²) in [6, 6.07) is 9.12. The SMILES string of the molecule is CCC(C)C(N)C(=O)Nc1nc(-c2ccccc2)ns1. The number of nitrogens with one attached hydrogen (secondary N) is 1. The zero-order valence-electron chi connectivity index (χ0n) is 11.5. The van der Waals surface area contributed by atoms with E-state index in [0.717, 1.165) is 23.5 Å². The average Bonchev–Trinajstić information content (AvgIpc) is 2.95. The van der Waals surface area contributed by atoms with Crippen LogP contribution in [0.15, 0.2) is 30.3 Å². The van der Waals surface area contributed by atoms with Gasteiger partial charge in [0.25, 0.3) is 0 Å². The van der Waals surface area contributed by atoms with Crippen molar-refractivity contribution >= 4 is 22.6 Å². The first-order valence-corrected chi connectivity index (χ1v) is 7.34. The Morgan fingerprint density at radius 3 is 2.75 bits per heavy atom. The van der Waals surface area contributed by atoms with E-state index in [2.05, 4.69) is 14.7 Å². The number of hydrogen-bond acceptors (Lipinski definition) is 5. The lowest BCUT2D eigenvalue weighted by Gasteiger charge is -2.16. The van der Waals surface area contributed by atoms with E-state index < -0.39 is 6.04 Å². The lowest BCUT2D eigenvalue weighted by Crippen LogP contribution is -2.40. The number of anilines is 1. The van der Waals surface area contributed by atoms with Crippen LogP contribution in [0.2, 0.25) is 0 Å². The molecule has 2 unspecified atom stereocenters. The standard InChI is InChI=1S/C14H18N4OS/c1-3-9(2)11(15)13(19)17-14-16-12(18-20-14)10-7-5-4-6-8-10/h4-9,11H,3,15H2,1-2H3,(H,16,17,18,19). The highest BCUT2D eigenvalue weighted by Gasteiger charge is 2.20. The van der Waals surface area contributed by atoms with Crippen LogP contribution in [-0.4, -0.2) is 21.3 Å². The monoisotopic (exact) mass is 290 g/mol. The second-order valence-electron chi connectivity index (χ2n) is 4.69. The Morgan fingerprint density at radius 1 is 1.40 bits per heavy atom. The molecular weight excluding hydrogens is 272 g/mol. The topological polar surface area (TPSA) is 80.9 Å². The summed E-state index contributed by atoms with van der Waals surface area (Å²) in [5.41, 5.74) is 6.81. The van der Waals surface area contributed by atoms with Crippen molar-refractivity contribution in [2.75, 3.05) is 5.32 Å². The quantitative estimate of drug-likeness (QED) is 0.886. The molecule has 2 rings (SSSR count). The average molecular weight is 290 g/mol. The van der Waals surface area contributed by atoms with Crippen LogP contribution in [0.4, 0.5) is 5.13 Å². The normalized spacial score (nSPS) is 13.8. The summed E-state index contributed by atoms with van der Waals surface area (Å²) < 4.78 is 4.24. The van der Waals surface area contributed by atoms with Crippen molar-refractivity contribution < 1.29 is 4.79 Å². The molecule has 0 radical (unpaired) electrons. The van der Waals surface area contributed by atoms with E-state index in [1.165, 1.54) is 0 Å². The molecule has 5 nitrogen and oxygen atoms in total. The first kappa shape index (κ1) is 14.6. The molecule has 0 bridgehead atoms. The van der Waals surface area contributed by atoms with Gasteiger partial charge in [0, 0.05) is 17.1 Å². The number of hydrogen-bond donors (Lipinski definition) is 2. The summed E-state index contributed by atoms with van der Waals surface area (Å²) in [6.45, 7) is 3.97. The number of amides is 1. The van der Waals surface area contributed by atoms with Crippen molar-refractivity contribution in [3.05, 3.63) is 30.3 Å². The molecule has 0 aliphatic carbocycles. The summed E-state index contributed by atoms with van der Waals surface area (Å²) in [4.78, 5) is 16.3. The fraction of sp³-hybridized carbons (Fsp3) is 0.357. The van der Waals surface area contributed by atoms with Crippen molar-refractivity contribution in [2.45, 2.75) is 26.3 Å². The number of nitrogens with zero attached hydrogens (tertiary/aromatic N) is 2. The highest BCUT2D eigenvalue weighted by molar-refractivity contribution is 7.10. The molecule has 1 aromatic carbocycles. The van der Waals surface area contributed by atoms with Crippen molar-refractivity contribution in [3.8, 4) is 11.4 Å². The van der Waals surface area contributed by atoms with Gasteiger partial charge >= 0.3 is 0 Å². The van der Waals surface area contributed by atoms with Gasteiger partial charge in [0.15, 0.2) is 5.82 Å². The first-order chi connectivity index (χ1) is 9.61. The molecule has 1 amide bonds. The van der Waals surface area contributed by atoms with Crippen LogP contribution < -0.4 is 11.1 Å². The Balaban J connectivity index is 2.05. The molecule has 0 fully saturated rings. The summed E-state index contributed by atoms with van der Waals surface area (Å²) in [5.74, 6) is 0.537. The van der Waals surface area contributed by atoms with Crippen LogP contribution in [0, 0.1) is 5.92 Å². The molecule has 106 valence electrons. The summed E-state index contributed by atoms with van der Waals surface area (Å²) in [6.07, 6.45) is 0.861. The number of aromatic nitrogens is 2. The molecule has 1 heterocycles. The van der Waals surface area contributed by atoms with Gasteiger partial charge in [-0.2, -0.15) is 9.36 Å². The Bertz CT molecular complexity index is 570. The molecule has 0 saturated carbocycles. The highest BCUT2D eigenvalue weighted by Crippen LogP contribution is 2.21. The van der Waals surface area contributed by atoms with E-state index in [-0.39, 0.29) is 11.8 Å². The van der Waals surface area contributed by atoms with Gasteiger partial charge in [-0.3, -0.25) is 10.1 Å². The van der Waals surface area contributed by atoms with Gasteiger partial charge in [0.05, 0.1) is 6.04 Å². The summed E-state index contributed by atoms with van der Waals surface area (Å²) in [5, 5.41) is 3.21. The van der Waals surface area contributed by atoms with E-state index in [0.29, 0.717) is 11.0 Å². The van der Waals surface area contributed by atoms with Crippen molar-refractivity contribution in [2.24, 2.45) is 11.7 Å². The zero-order valence-corrected chi connectivity index (χ0v) is 12.4. The van der Waals surface area contributed by atoms with Gasteiger partial charge in [0.2, 0.25) is 11.0 Å². The third-order valence-electron chi connectivity index (χ3n) is 3.25. The molecule has 20 heavy (non-hydrogen) atoms. The number of nitrogens with two attached hydrogens (primary N) is 1. The molecule has 6 heteroatoms. The molecule has 2 aromatic rings. The minimum absolute atomic E-state index is 0.136. The molecule has 0 spiro atoms. The van der Waals surface area contributed by atoms with Crippen LogP contribution in [0.3, 0.4) is 0 Å². The lowest BCUT2D eigenvalue weighted by molar-refractivity contribution is -0.118. The number of carbonyl (C=O) groups excluding carboxylic acids is 1. The van der Waals surface area contributed by atoms with Gasteiger partial charge in [0.1, 0.15) is 0 Å². The maximum atomic E-state index is 12.0. The lowest BCUT2D eigenvalue weighted by atomic mass is 10.00. The van der Waals surface area contributed by atoms with Gasteiger partial charge in [-0.05, 0) is 5.92 Å². The van der Waals surface area contributed by atoms with Crippen molar-refractivity contribution in [1.29, 1.82) is 0 Å². The maximum absolute atomic E-state index is 12.0. The van der Waals surface area contributed by atoms with E-state index in [1.807, 2.05) is 44.2 Å². The summed E-state index contributed by atoms with van der Waals surface area (Å²) in [7, 11) is 0. The van der Waals surface area contributed by atoms with E-state index in [4.69, 9.17) is 5.73 Å². The Morgan fingerprint density at radius 2 is 2.10 bits per heavy atom. The van der Waals surface area contributed by atoms with Crippen LogP contribution in [0.25, 0.3) is 11.4 Å². The fourth-order valence-electron chi connectivity index (χ4n) is 1.68. The van der Waals surface area contributed by atoms with Crippen molar-refractivity contribution in [1.82, 2.24) is 9.36 Å². The predicted octanol–water partition coefficient (Wildman–Crippen LogP) is 2.52. The second kappa shape index (κ2) is 6.58. The molecule has 1 aromatic heterocycles. The van der Waals surface area contributed by atoms with Gasteiger partial charge in [-0.1, -0.05) is 50.6 Å². The van der Waals surface area contributed by atoms with Crippen LogP contribution in [0.1, 0.15) is 20.3 Å². The van der Waals surface area contributed by atoms with Crippen LogP contribution in [0.5, 0.6) is 0 Å². The Hall–Kier alpha value is -1.79. The van der Waals surface area contributed by atoms with Crippen LogP contribution >= 0.6 is 11.5 Å². The Kier molecular flexibility index (Phi) is 4.81. The largest absolute Gasteiger partial charge is 0.320 e. The van der Waals surface area contributed by atoms with Gasteiger partial charge in [-0.25, -0.2) is 0 Å². The van der Waals surface area contributed by atoms with Gasteiger partial charge in [-0.15, -0.1) is 0 Å². The van der Waals surface area contributed by atoms with Crippen LogP contribution in [-0.2, 0) is 4.79 Å². The maximum Gasteiger partial charge on any atom is 0.243 e. The Labute approximate surface area is 122 Å². The second-order valence-corrected chi connectivity index (χ2v) is 5.44. The fourth-order valence-corrected chi connectivity index (χ4v) is 2.27.